The van der Waals surface area contributed by atoms with Crippen molar-refractivity contribution >= 4 is 29.3 Å². The highest BCUT2D eigenvalue weighted by Crippen LogP contribution is 2.31. The normalized spacial score (nSPS) is 16.8. The van der Waals surface area contributed by atoms with Gasteiger partial charge in [0.1, 0.15) is 5.75 Å². The Bertz CT molecular complexity index is 794. The van der Waals surface area contributed by atoms with Crippen molar-refractivity contribution in [3.05, 3.63) is 54.1 Å². The predicted molar refractivity (Wildman–Crippen MR) is 99.4 cm³/mol. The summed E-state index contributed by atoms with van der Waals surface area (Å²) in [7, 11) is 1.58. The highest BCUT2D eigenvalue weighted by molar-refractivity contribution is 7.98. The number of anilines is 1. The number of carbonyl (C=O) groups is 2. The molecular weight excluding hydrogens is 336 g/mol. The van der Waals surface area contributed by atoms with Crippen LogP contribution in [0.1, 0.15) is 16.8 Å². The van der Waals surface area contributed by atoms with E-state index in [1.807, 2.05) is 48.7 Å². The molecule has 1 heterocycles. The van der Waals surface area contributed by atoms with E-state index < -0.39 is 0 Å². The monoisotopic (exact) mass is 356 g/mol. The van der Waals surface area contributed by atoms with Crippen molar-refractivity contribution in [1.82, 2.24) is 5.32 Å². The van der Waals surface area contributed by atoms with E-state index in [4.69, 9.17) is 4.74 Å². The van der Waals surface area contributed by atoms with Crippen LogP contribution in [0.3, 0.4) is 0 Å². The first-order valence-electron chi connectivity index (χ1n) is 8.01. The molecule has 1 saturated heterocycles. The SMILES string of the molecule is COc1ccccc1N1C[C@H](NC(=O)c2ccccc2SC)CC1=O. The zero-order valence-electron chi connectivity index (χ0n) is 14.2. The van der Waals surface area contributed by atoms with Gasteiger partial charge in [0.05, 0.1) is 24.4 Å². The third kappa shape index (κ3) is 3.64. The van der Waals surface area contributed by atoms with E-state index in [9.17, 15) is 9.59 Å². The van der Waals surface area contributed by atoms with Crippen LogP contribution in [0, 0.1) is 0 Å². The van der Waals surface area contributed by atoms with Gasteiger partial charge in [-0.1, -0.05) is 24.3 Å². The fraction of sp³-hybridized carbons (Fsp3) is 0.263. The Hall–Kier alpha value is -2.47. The number of hydrogen-bond acceptors (Lipinski definition) is 4. The molecule has 1 N–H and O–H groups in total. The molecule has 0 bridgehead atoms. The Kier molecular flexibility index (Phi) is 5.28. The van der Waals surface area contributed by atoms with Crippen LogP contribution < -0.4 is 15.0 Å². The second kappa shape index (κ2) is 7.61. The highest BCUT2D eigenvalue weighted by atomic mass is 32.2. The van der Waals surface area contributed by atoms with Crippen LogP contribution >= 0.6 is 11.8 Å². The van der Waals surface area contributed by atoms with Crippen LogP contribution in [-0.4, -0.2) is 37.8 Å². The number of nitrogens with one attached hydrogen (secondary N) is 1. The lowest BCUT2D eigenvalue weighted by atomic mass is 10.2. The smallest absolute Gasteiger partial charge is 0.252 e. The average Bonchev–Trinajstić information content (AvgIpc) is 3.01. The number of amides is 2. The summed E-state index contributed by atoms with van der Waals surface area (Å²) in [5, 5.41) is 2.98. The molecule has 25 heavy (non-hydrogen) atoms. The van der Waals surface area contributed by atoms with Crippen LogP contribution in [-0.2, 0) is 4.79 Å². The number of ether oxygens (including phenoxy) is 1. The second-order valence-corrected chi connectivity index (χ2v) is 6.60. The minimum atomic E-state index is -0.222. The lowest BCUT2D eigenvalue weighted by molar-refractivity contribution is -0.117. The van der Waals surface area contributed by atoms with E-state index in [0.717, 1.165) is 10.6 Å². The standard InChI is InChI=1S/C19H20N2O3S/c1-24-16-9-5-4-8-15(16)21-12-13(11-18(21)22)20-19(23)14-7-3-6-10-17(14)25-2/h3-10,13H,11-12H2,1-2H3,(H,20,23)/t13-/m1/s1. The molecule has 0 spiro atoms. The first-order valence-corrected chi connectivity index (χ1v) is 9.23. The molecule has 2 aromatic carbocycles. The molecule has 6 heteroatoms. The quantitative estimate of drug-likeness (QED) is 0.837. The molecule has 0 aliphatic carbocycles. The predicted octanol–water partition coefficient (Wildman–Crippen LogP) is 2.95. The number of methoxy groups -OCH3 is 1. The molecule has 1 atom stereocenters. The summed E-state index contributed by atoms with van der Waals surface area (Å²) < 4.78 is 5.34. The Morgan fingerprint density at radius 2 is 1.92 bits per heavy atom. The van der Waals surface area contributed by atoms with Gasteiger partial charge >= 0.3 is 0 Å². The third-order valence-electron chi connectivity index (χ3n) is 4.19. The van der Waals surface area contributed by atoms with Gasteiger partial charge in [-0.3, -0.25) is 9.59 Å². The van der Waals surface area contributed by atoms with Gasteiger partial charge in [0.2, 0.25) is 5.91 Å². The largest absolute Gasteiger partial charge is 0.495 e. The number of carbonyl (C=O) groups excluding carboxylic acids is 2. The number of rotatable bonds is 5. The maximum Gasteiger partial charge on any atom is 0.252 e. The van der Waals surface area contributed by atoms with E-state index in [1.165, 1.54) is 11.8 Å². The molecule has 2 amide bonds. The lowest BCUT2D eigenvalue weighted by Gasteiger charge is -2.20. The average molecular weight is 356 g/mol. The number of nitrogens with zero attached hydrogens (tertiary/aromatic N) is 1. The second-order valence-electron chi connectivity index (χ2n) is 5.75. The summed E-state index contributed by atoms with van der Waals surface area (Å²) in [5.74, 6) is 0.480. The molecule has 0 radical (unpaired) electrons. The Labute approximate surface area is 151 Å². The van der Waals surface area contributed by atoms with Gasteiger partial charge in [-0.25, -0.2) is 0 Å². The molecule has 2 aromatic rings. The van der Waals surface area contributed by atoms with E-state index in [0.29, 0.717) is 17.9 Å². The van der Waals surface area contributed by atoms with Gasteiger partial charge in [0, 0.05) is 17.9 Å². The molecule has 0 aromatic heterocycles. The van der Waals surface area contributed by atoms with Gasteiger partial charge in [0.25, 0.3) is 5.91 Å². The summed E-state index contributed by atoms with van der Waals surface area (Å²) in [5.41, 5.74) is 1.37. The molecule has 5 nitrogen and oxygen atoms in total. The molecule has 130 valence electrons. The molecular formula is C19H20N2O3S. The number of thioether (sulfide) groups is 1. The van der Waals surface area contributed by atoms with Crippen molar-refractivity contribution in [1.29, 1.82) is 0 Å². The molecule has 1 fully saturated rings. The lowest BCUT2D eigenvalue weighted by Crippen LogP contribution is -2.37. The van der Waals surface area contributed by atoms with E-state index in [1.54, 1.807) is 18.1 Å². The van der Waals surface area contributed by atoms with Crippen molar-refractivity contribution in [2.24, 2.45) is 0 Å². The van der Waals surface area contributed by atoms with Crippen LogP contribution in [0.2, 0.25) is 0 Å². The molecule has 0 saturated carbocycles. The minimum absolute atomic E-state index is 0.0204. The summed E-state index contributed by atoms with van der Waals surface area (Å²) >= 11 is 1.53. The fourth-order valence-electron chi connectivity index (χ4n) is 2.99. The van der Waals surface area contributed by atoms with Crippen molar-refractivity contribution in [2.75, 3.05) is 24.8 Å². The van der Waals surface area contributed by atoms with Gasteiger partial charge < -0.3 is 15.0 Å². The highest BCUT2D eigenvalue weighted by Gasteiger charge is 2.33. The first-order chi connectivity index (χ1) is 12.1. The minimum Gasteiger partial charge on any atom is -0.495 e. The Balaban J connectivity index is 1.74. The zero-order valence-corrected chi connectivity index (χ0v) is 15.0. The summed E-state index contributed by atoms with van der Waals surface area (Å²) in [6.07, 6.45) is 2.22. The van der Waals surface area contributed by atoms with E-state index in [-0.39, 0.29) is 24.3 Å². The Morgan fingerprint density at radius 1 is 1.20 bits per heavy atom. The first kappa shape index (κ1) is 17.4. The van der Waals surface area contributed by atoms with Crippen LogP contribution in [0.25, 0.3) is 0 Å². The van der Waals surface area contributed by atoms with Gasteiger partial charge in [-0.2, -0.15) is 0 Å². The third-order valence-corrected chi connectivity index (χ3v) is 4.98. The van der Waals surface area contributed by atoms with Crippen molar-refractivity contribution in [2.45, 2.75) is 17.4 Å². The van der Waals surface area contributed by atoms with Gasteiger partial charge in [-0.05, 0) is 30.5 Å². The molecule has 1 aliphatic rings. The fourth-order valence-corrected chi connectivity index (χ4v) is 3.58. The topological polar surface area (TPSA) is 58.6 Å². The van der Waals surface area contributed by atoms with Gasteiger partial charge in [-0.15, -0.1) is 11.8 Å². The summed E-state index contributed by atoms with van der Waals surface area (Å²) in [6, 6.07) is 14.7. The Morgan fingerprint density at radius 3 is 2.68 bits per heavy atom. The van der Waals surface area contributed by atoms with E-state index in [2.05, 4.69) is 5.32 Å². The van der Waals surface area contributed by atoms with Crippen molar-refractivity contribution < 1.29 is 14.3 Å². The maximum absolute atomic E-state index is 12.6. The summed E-state index contributed by atoms with van der Waals surface area (Å²) in [4.78, 5) is 27.6. The van der Waals surface area contributed by atoms with Crippen molar-refractivity contribution in [3.8, 4) is 5.75 Å². The van der Waals surface area contributed by atoms with E-state index >= 15 is 0 Å². The maximum atomic E-state index is 12.6. The van der Waals surface area contributed by atoms with Crippen LogP contribution in [0.15, 0.2) is 53.4 Å². The molecule has 1 aliphatic heterocycles. The van der Waals surface area contributed by atoms with Crippen LogP contribution in [0.5, 0.6) is 5.75 Å². The number of para-hydroxylation sites is 2. The van der Waals surface area contributed by atoms with Crippen molar-refractivity contribution in [3.63, 3.8) is 0 Å². The molecule has 0 unspecified atom stereocenters. The zero-order chi connectivity index (χ0) is 17.8. The number of hydrogen-bond donors (Lipinski definition) is 1. The molecule has 3 rings (SSSR count). The summed E-state index contributed by atoms with van der Waals surface area (Å²) in [6.45, 7) is 0.437. The van der Waals surface area contributed by atoms with Crippen LogP contribution in [0.4, 0.5) is 5.69 Å². The van der Waals surface area contributed by atoms with Gasteiger partial charge in [0.15, 0.2) is 0 Å². The number of benzene rings is 2.